The van der Waals surface area contributed by atoms with Gasteiger partial charge in [-0.1, -0.05) is 6.92 Å². The molecule has 5 atom stereocenters. The molecule has 3 fully saturated rings. The number of carbonyl (C=O) groups excluding carboxylic acids is 1. The number of nitrogens with two attached hydrogens (primary N) is 1. The summed E-state index contributed by atoms with van der Waals surface area (Å²) in [6, 6.07) is 0.332. The lowest BCUT2D eigenvalue weighted by Crippen LogP contribution is -2.57. The standard InChI is InChI=1S/C15H26N2O/c1-9-5-10-6-12(13(9)16)8-15(2,7-10)17-14(18)11-3-4-11/h9-13H,3-8,16H2,1-2H3,(H,17,18). The fourth-order valence-electron chi connectivity index (χ4n) is 4.36. The average Bonchev–Trinajstić information content (AvgIpc) is 3.08. The van der Waals surface area contributed by atoms with Crippen LogP contribution in [0.1, 0.15) is 52.4 Å². The molecule has 0 aromatic rings. The number of amides is 1. The lowest BCUT2D eigenvalue weighted by atomic mass is 9.60. The van der Waals surface area contributed by atoms with Gasteiger partial charge in [0.25, 0.3) is 0 Å². The molecule has 0 saturated heterocycles. The van der Waals surface area contributed by atoms with E-state index in [1.54, 1.807) is 0 Å². The minimum Gasteiger partial charge on any atom is -0.351 e. The summed E-state index contributed by atoms with van der Waals surface area (Å²) in [5.74, 6) is 2.63. The molecule has 0 aliphatic heterocycles. The van der Waals surface area contributed by atoms with Crippen molar-refractivity contribution in [3.8, 4) is 0 Å². The number of rotatable bonds is 2. The van der Waals surface area contributed by atoms with Crippen LogP contribution in [0.25, 0.3) is 0 Å². The molecule has 3 N–H and O–H groups in total. The maximum Gasteiger partial charge on any atom is 0.223 e. The smallest absolute Gasteiger partial charge is 0.223 e. The second kappa shape index (κ2) is 4.22. The van der Waals surface area contributed by atoms with Crippen molar-refractivity contribution in [1.82, 2.24) is 5.32 Å². The fraction of sp³-hybridized carbons (Fsp3) is 0.933. The SMILES string of the molecule is CC1CC2CC(CC(C)(NC(=O)C3CC3)C2)C1N. The van der Waals surface area contributed by atoms with E-state index in [9.17, 15) is 4.79 Å². The van der Waals surface area contributed by atoms with Gasteiger partial charge in [0, 0.05) is 17.5 Å². The summed E-state index contributed by atoms with van der Waals surface area (Å²) in [5.41, 5.74) is 6.35. The molecular weight excluding hydrogens is 224 g/mol. The highest BCUT2D eigenvalue weighted by atomic mass is 16.2. The Bertz CT molecular complexity index is 350. The van der Waals surface area contributed by atoms with Crippen LogP contribution in [0.3, 0.4) is 0 Å². The number of hydrogen-bond donors (Lipinski definition) is 2. The molecule has 1 amide bonds. The molecule has 3 aliphatic carbocycles. The normalized spacial score (nSPS) is 47.7. The predicted octanol–water partition coefficient (Wildman–Crippen LogP) is 2.05. The minimum atomic E-state index is 0.00498. The van der Waals surface area contributed by atoms with E-state index in [1.165, 1.54) is 12.8 Å². The molecule has 5 unspecified atom stereocenters. The Balaban J connectivity index is 1.68. The van der Waals surface area contributed by atoms with Crippen molar-refractivity contribution in [3.63, 3.8) is 0 Å². The predicted molar refractivity (Wildman–Crippen MR) is 71.9 cm³/mol. The first kappa shape index (κ1) is 12.5. The van der Waals surface area contributed by atoms with Crippen molar-refractivity contribution >= 4 is 5.91 Å². The van der Waals surface area contributed by atoms with Crippen LogP contribution < -0.4 is 11.1 Å². The van der Waals surface area contributed by atoms with Crippen LogP contribution in [0, 0.1) is 23.7 Å². The molecule has 0 spiro atoms. The molecule has 3 rings (SSSR count). The molecular formula is C15H26N2O. The summed E-state index contributed by atoms with van der Waals surface area (Å²) >= 11 is 0. The van der Waals surface area contributed by atoms with E-state index in [4.69, 9.17) is 5.73 Å². The monoisotopic (exact) mass is 250 g/mol. The topological polar surface area (TPSA) is 55.1 Å². The van der Waals surface area contributed by atoms with Crippen molar-refractivity contribution in [2.75, 3.05) is 0 Å². The van der Waals surface area contributed by atoms with Gasteiger partial charge in [0.05, 0.1) is 0 Å². The lowest BCUT2D eigenvalue weighted by molar-refractivity contribution is -0.125. The molecule has 0 radical (unpaired) electrons. The molecule has 0 heterocycles. The van der Waals surface area contributed by atoms with Crippen molar-refractivity contribution in [1.29, 1.82) is 0 Å². The Morgan fingerprint density at radius 2 is 2.00 bits per heavy atom. The van der Waals surface area contributed by atoms with Crippen molar-refractivity contribution in [2.45, 2.75) is 64.0 Å². The highest BCUT2D eigenvalue weighted by molar-refractivity contribution is 5.81. The van der Waals surface area contributed by atoms with E-state index < -0.39 is 0 Å². The second-order valence-electron chi connectivity index (χ2n) is 7.38. The van der Waals surface area contributed by atoms with E-state index in [-0.39, 0.29) is 5.54 Å². The molecule has 3 aliphatic rings. The van der Waals surface area contributed by atoms with Crippen LogP contribution in [0.15, 0.2) is 0 Å². The summed E-state index contributed by atoms with van der Waals surface area (Å²) in [4.78, 5) is 12.0. The van der Waals surface area contributed by atoms with Crippen LogP contribution in [0.4, 0.5) is 0 Å². The Labute approximate surface area is 110 Å². The third-order valence-electron chi connectivity index (χ3n) is 5.37. The van der Waals surface area contributed by atoms with E-state index in [1.807, 2.05) is 0 Å². The molecule has 3 heteroatoms. The number of carbonyl (C=O) groups is 1. The summed E-state index contributed by atoms with van der Waals surface area (Å²) in [6.45, 7) is 4.52. The zero-order valence-corrected chi connectivity index (χ0v) is 11.6. The van der Waals surface area contributed by atoms with Gasteiger partial charge < -0.3 is 11.1 Å². The zero-order chi connectivity index (χ0) is 12.9. The first-order valence-electron chi connectivity index (χ1n) is 7.54. The summed E-state index contributed by atoms with van der Waals surface area (Å²) < 4.78 is 0. The number of fused-ring (bicyclic) bond motifs is 2. The van der Waals surface area contributed by atoms with Crippen molar-refractivity contribution in [2.24, 2.45) is 29.4 Å². The van der Waals surface area contributed by atoms with Crippen LogP contribution >= 0.6 is 0 Å². The highest BCUT2D eigenvalue weighted by Crippen LogP contribution is 2.46. The third kappa shape index (κ3) is 2.29. The summed E-state index contributed by atoms with van der Waals surface area (Å²) in [5, 5.41) is 3.33. The largest absolute Gasteiger partial charge is 0.351 e. The van der Waals surface area contributed by atoms with Gasteiger partial charge in [-0.25, -0.2) is 0 Å². The van der Waals surface area contributed by atoms with Gasteiger partial charge in [-0.3, -0.25) is 4.79 Å². The Morgan fingerprint density at radius 3 is 2.67 bits per heavy atom. The number of hydrogen-bond acceptors (Lipinski definition) is 2. The average molecular weight is 250 g/mol. The van der Waals surface area contributed by atoms with Gasteiger partial charge in [-0.05, 0) is 63.2 Å². The zero-order valence-electron chi connectivity index (χ0n) is 11.6. The first-order valence-corrected chi connectivity index (χ1v) is 7.54. The van der Waals surface area contributed by atoms with Gasteiger partial charge in [0.2, 0.25) is 5.91 Å². The molecule has 18 heavy (non-hydrogen) atoms. The second-order valence-corrected chi connectivity index (χ2v) is 7.38. The van der Waals surface area contributed by atoms with Crippen molar-refractivity contribution < 1.29 is 4.79 Å². The quantitative estimate of drug-likeness (QED) is 0.788. The summed E-state index contributed by atoms with van der Waals surface area (Å²) in [7, 11) is 0. The molecule has 0 aromatic carbocycles. The molecule has 2 bridgehead atoms. The Kier molecular flexibility index (Phi) is 2.92. The van der Waals surface area contributed by atoms with E-state index in [0.717, 1.165) is 31.6 Å². The third-order valence-corrected chi connectivity index (χ3v) is 5.37. The molecule has 3 nitrogen and oxygen atoms in total. The Hall–Kier alpha value is -0.570. The van der Waals surface area contributed by atoms with Crippen LogP contribution in [-0.4, -0.2) is 17.5 Å². The highest BCUT2D eigenvalue weighted by Gasteiger charge is 2.46. The molecule has 0 aromatic heterocycles. The number of nitrogens with one attached hydrogen (secondary N) is 1. The minimum absolute atomic E-state index is 0.00498. The first-order chi connectivity index (χ1) is 8.47. The molecule has 102 valence electrons. The fourth-order valence-corrected chi connectivity index (χ4v) is 4.36. The summed E-state index contributed by atoms with van der Waals surface area (Å²) in [6.07, 6.45) is 6.93. The Morgan fingerprint density at radius 1 is 1.28 bits per heavy atom. The van der Waals surface area contributed by atoms with Gasteiger partial charge in [-0.15, -0.1) is 0 Å². The van der Waals surface area contributed by atoms with Crippen molar-refractivity contribution in [3.05, 3.63) is 0 Å². The van der Waals surface area contributed by atoms with E-state index in [0.29, 0.717) is 29.7 Å². The van der Waals surface area contributed by atoms with Gasteiger partial charge in [-0.2, -0.15) is 0 Å². The van der Waals surface area contributed by atoms with Gasteiger partial charge >= 0.3 is 0 Å². The van der Waals surface area contributed by atoms with Crippen LogP contribution in [0.5, 0.6) is 0 Å². The maximum absolute atomic E-state index is 12.0. The van der Waals surface area contributed by atoms with Gasteiger partial charge in [0.1, 0.15) is 0 Å². The van der Waals surface area contributed by atoms with E-state index >= 15 is 0 Å². The lowest BCUT2D eigenvalue weighted by Gasteiger charge is -2.50. The van der Waals surface area contributed by atoms with Crippen LogP contribution in [0.2, 0.25) is 0 Å². The maximum atomic E-state index is 12.0. The van der Waals surface area contributed by atoms with Crippen LogP contribution in [-0.2, 0) is 4.79 Å². The van der Waals surface area contributed by atoms with E-state index in [2.05, 4.69) is 19.2 Å². The molecule has 3 saturated carbocycles. The van der Waals surface area contributed by atoms with Gasteiger partial charge in [0.15, 0.2) is 0 Å².